The van der Waals surface area contributed by atoms with Gasteiger partial charge in [0.1, 0.15) is 5.65 Å². The van der Waals surface area contributed by atoms with E-state index in [9.17, 15) is 4.79 Å². The van der Waals surface area contributed by atoms with Crippen LogP contribution in [0.1, 0.15) is 24.1 Å². The lowest BCUT2D eigenvalue weighted by atomic mass is 9.97. The lowest BCUT2D eigenvalue weighted by Crippen LogP contribution is -2.40. The number of piperidine rings is 1. The number of carbonyl (C=O) groups excluding carboxylic acids is 1. The first-order valence-corrected chi connectivity index (χ1v) is 9.20. The van der Waals surface area contributed by atoms with E-state index in [1.54, 1.807) is 0 Å². The number of rotatable bonds is 4. The molecule has 1 unspecified atom stereocenters. The normalized spacial score (nSPS) is 18.1. The van der Waals surface area contributed by atoms with Gasteiger partial charge in [-0.2, -0.15) is 0 Å². The molecule has 0 radical (unpaired) electrons. The molecule has 1 saturated heterocycles. The number of imidazole rings is 1. The molecule has 5 nitrogen and oxygen atoms in total. The highest BCUT2D eigenvalue weighted by Gasteiger charge is 2.26. The second-order valence-corrected chi connectivity index (χ2v) is 7.06. The standard InChI is InChI=1S/C21H24N4O/c1-16-7-5-12-25-19(13-22-20(16)25)15-24-11-6-8-17(14-24)21(26)23-18-9-3-2-4-10-18/h2-5,7,9-10,12-13,17H,6,8,11,14-15H2,1H3,(H,23,26). The molecule has 26 heavy (non-hydrogen) atoms. The van der Waals surface area contributed by atoms with Crippen LogP contribution in [0.25, 0.3) is 5.65 Å². The van der Waals surface area contributed by atoms with Crippen molar-refractivity contribution in [1.29, 1.82) is 0 Å². The van der Waals surface area contributed by atoms with Crippen molar-refractivity contribution >= 4 is 17.2 Å². The predicted molar refractivity (Wildman–Crippen MR) is 103 cm³/mol. The topological polar surface area (TPSA) is 49.6 Å². The average molecular weight is 348 g/mol. The molecule has 1 atom stereocenters. The third kappa shape index (κ3) is 3.48. The van der Waals surface area contributed by atoms with E-state index in [2.05, 4.69) is 44.9 Å². The Hall–Kier alpha value is -2.66. The van der Waals surface area contributed by atoms with Crippen LogP contribution in [0.2, 0.25) is 0 Å². The zero-order valence-electron chi connectivity index (χ0n) is 15.1. The van der Waals surface area contributed by atoms with E-state index in [0.717, 1.165) is 43.8 Å². The fourth-order valence-electron chi connectivity index (χ4n) is 3.73. The minimum Gasteiger partial charge on any atom is -0.326 e. The SMILES string of the molecule is Cc1cccn2c(CN3CCCC(C(=O)Nc4ccccc4)C3)cnc12. The van der Waals surface area contributed by atoms with Crippen LogP contribution < -0.4 is 5.32 Å². The molecule has 1 aliphatic rings. The van der Waals surface area contributed by atoms with Gasteiger partial charge in [-0.1, -0.05) is 24.3 Å². The van der Waals surface area contributed by atoms with Crippen molar-refractivity contribution in [2.24, 2.45) is 5.92 Å². The number of aryl methyl sites for hydroxylation is 1. The molecule has 134 valence electrons. The Morgan fingerprint density at radius 1 is 1.23 bits per heavy atom. The monoisotopic (exact) mass is 348 g/mol. The number of fused-ring (bicyclic) bond motifs is 1. The van der Waals surface area contributed by atoms with Crippen molar-refractivity contribution in [2.75, 3.05) is 18.4 Å². The van der Waals surface area contributed by atoms with Crippen LogP contribution in [0.15, 0.2) is 54.9 Å². The maximum atomic E-state index is 12.6. The number of pyridine rings is 1. The quantitative estimate of drug-likeness (QED) is 0.785. The summed E-state index contributed by atoms with van der Waals surface area (Å²) in [5.41, 5.74) is 4.23. The zero-order chi connectivity index (χ0) is 17.9. The molecule has 3 aromatic rings. The van der Waals surface area contributed by atoms with Crippen LogP contribution in [-0.4, -0.2) is 33.3 Å². The van der Waals surface area contributed by atoms with Crippen molar-refractivity contribution in [3.63, 3.8) is 0 Å². The van der Waals surface area contributed by atoms with Crippen molar-refractivity contribution in [2.45, 2.75) is 26.3 Å². The second-order valence-electron chi connectivity index (χ2n) is 7.06. The first kappa shape index (κ1) is 16.8. The molecule has 2 aromatic heterocycles. The number of nitrogens with one attached hydrogen (secondary N) is 1. The summed E-state index contributed by atoms with van der Waals surface area (Å²) in [6.07, 6.45) is 6.01. The Labute approximate surface area is 153 Å². The van der Waals surface area contributed by atoms with Gasteiger partial charge in [-0.05, 0) is 50.1 Å². The van der Waals surface area contributed by atoms with Gasteiger partial charge >= 0.3 is 0 Å². The number of nitrogens with zero attached hydrogens (tertiary/aromatic N) is 3. The van der Waals surface area contributed by atoms with Crippen LogP contribution in [0.5, 0.6) is 0 Å². The first-order chi connectivity index (χ1) is 12.7. The minimum atomic E-state index is 0.0323. The summed E-state index contributed by atoms with van der Waals surface area (Å²) in [4.78, 5) is 19.5. The zero-order valence-corrected chi connectivity index (χ0v) is 15.1. The van der Waals surface area contributed by atoms with Gasteiger partial charge in [0, 0.05) is 25.0 Å². The van der Waals surface area contributed by atoms with Gasteiger partial charge in [-0.15, -0.1) is 0 Å². The van der Waals surface area contributed by atoms with Gasteiger partial charge in [-0.3, -0.25) is 9.69 Å². The molecule has 0 saturated carbocycles. The summed E-state index contributed by atoms with van der Waals surface area (Å²) in [7, 11) is 0. The van der Waals surface area contributed by atoms with E-state index >= 15 is 0 Å². The molecular formula is C21H24N4O. The van der Waals surface area contributed by atoms with E-state index < -0.39 is 0 Å². The summed E-state index contributed by atoms with van der Waals surface area (Å²) < 4.78 is 2.16. The molecule has 4 rings (SSSR count). The fraction of sp³-hybridized carbons (Fsp3) is 0.333. The summed E-state index contributed by atoms with van der Waals surface area (Å²) >= 11 is 0. The number of amides is 1. The van der Waals surface area contributed by atoms with E-state index in [1.165, 1.54) is 11.3 Å². The van der Waals surface area contributed by atoms with Crippen LogP contribution in [0.4, 0.5) is 5.69 Å². The van der Waals surface area contributed by atoms with E-state index in [0.29, 0.717) is 0 Å². The Morgan fingerprint density at radius 3 is 2.92 bits per heavy atom. The van der Waals surface area contributed by atoms with Crippen molar-refractivity contribution < 1.29 is 4.79 Å². The highest BCUT2D eigenvalue weighted by molar-refractivity contribution is 5.92. The Balaban J connectivity index is 1.43. The number of carbonyl (C=O) groups is 1. The molecular weight excluding hydrogens is 324 g/mol. The minimum absolute atomic E-state index is 0.0323. The molecule has 0 aliphatic carbocycles. The highest BCUT2D eigenvalue weighted by Crippen LogP contribution is 2.21. The number of benzene rings is 1. The largest absolute Gasteiger partial charge is 0.326 e. The van der Waals surface area contributed by atoms with E-state index in [-0.39, 0.29) is 11.8 Å². The van der Waals surface area contributed by atoms with Gasteiger partial charge in [0.25, 0.3) is 0 Å². The average Bonchev–Trinajstić information content (AvgIpc) is 3.07. The van der Waals surface area contributed by atoms with Gasteiger partial charge in [0.2, 0.25) is 5.91 Å². The van der Waals surface area contributed by atoms with E-state index in [4.69, 9.17) is 0 Å². The van der Waals surface area contributed by atoms with Crippen LogP contribution >= 0.6 is 0 Å². The number of hydrogen-bond donors (Lipinski definition) is 1. The number of anilines is 1. The lowest BCUT2D eigenvalue weighted by molar-refractivity contribution is -0.121. The molecule has 5 heteroatoms. The molecule has 0 spiro atoms. The van der Waals surface area contributed by atoms with Crippen molar-refractivity contribution in [3.8, 4) is 0 Å². The molecule has 0 bridgehead atoms. The first-order valence-electron chi connectivity index (χ1n) is 9.20. The van der Waals surface area contributed by atoms with Gasteiger partial charge in [0.05, 0.1) is 17.8 Å². The summed E-state index contributed by atoms with van der Waals surface area (Å²) in [5, 5.41) is 3.04. The summed E-state index contributed by atoms with van der Waals surface area (Å²) in [5.74, 6) is 0.153. The maximum Gasteiger partial charge on any atom is 0.228 e. The molecule has 1 aromatic carbocycles. The predicted octanol–water partition coefficient (Wildman–Crippen LogP) is 3.49. The third-order valence-electron chi connectivity index (χ3n) is 5.11. The van der Waals surface area contributed by atoms with E-state index in [1.807, 2.05) is 36.5 Å². The number of likely N-dealkylation sites (tertiary alicyclic amines) is 1. The van der Waals surface area contributed by atoms with Crippen LogP contribution in [0.3, 0.4) is 0 Å². The smallest absolute Gasteiger partial charge is 0.228 e. The van der Waals surface area contributed by atoms with Crippen molar-refractivity contribution in [1.82, 2.24) is 14.3 Å². The number of hydrogen-bond acceptors (Lipinski definition) is 3. The molecule has 1 amide bonds. The molecule has 1 N–H and O–H groups in total. The highest BCUT2D eigenvalue weighted by atomic mass is 16.1. The van der Waals surface area contributed by atoms with Gasteiger partial charge in [-0.25, -0.2) is 4.98 Å². The molecule has 3 heterocycles. The van der Waals surface area contributed by atoms with Gasteiger partial charge < -0.3 is 9.72 Å². The Morgan fingerprint density at radius 2 is 2.08 bits per heavy atom. The summed E-state index contributed by atoms with van der Waals surface area (Å²) in [6, 6.07) is 13.8. The number of aromatic nitrogens is 2. The fourth-order valence-corrected chi connectivity index (χ4v) is 3.73. The number of para-hydroxylation sites is 1. The van der Waals surface area contributed by atoms with Crippen LogP contribution in [-0.2, 0) is 11.3 Å². The van der Waals surface area contributed by atoms with Gasteiger partial charge in [0.15, 0.2) is 0 Å². The Bertz CT molecular complexity index is 903. The second kappa shape index (κ2) is 7.30. The molecule has 1 aliphatic heterocycles. The Kier molecular flexibility index (Phi) is 4.71. The third-order valence-corrected chi connectivity index (χ3v) is 5.11. The lowest BCUT2D eigenvalue weighted by Gasteiger charge is -2.31. The van der Waals surface area contributed by atoms with Crippen LogP contribution in [0, 0.1) is 12.8 Å². The maximum absolute atomic E-state index is 12.6. The van der Waals surface area contributed by atoms with Crippen molar-refractivity contribution in [3.05, 3.63) is 66.1 Å². The molecule has 1 fully saturated rings. The summed E-state index contributed by atoms with van der Waals surface area (Å²) in [6.45, 7) is 4.71.